The van der Waals surface area contributed by atoms with Crippen molar-refractivity contribution in [2.24, 2.45) is 5.92 Å². The van der Waals surface area contributed by atoms with Crippen molar-refractivity contribution in [3.63, 3.8) is 0 Å². The first kappa shape index (κ1) is 12.6. The standard InChI is InChI=1S/C15H23NO/c1-11-6-8-13(9-7-11)15(17)10-16-14-5-3-4-12(14)2/h6-9,12,14-17H,3-5,10H2,1-2H3. The van der Waals surface area contributed by atoms with Gasteiger partial charge in [0, 0.05) is 12.6 Å². The molecule has 2 rings (SSSR count). The Kier molecular flexibility index (Phi) is 4.19. The number of aryl methyl sites for hydroxylation is 1. The fourth-order valence-corrected chi connectivity index (χ4v) is 2.62. The van der Waals surface area contributed by atoms with Crippen LogP contribution in [0.1, 0.15) is 43.4 Å². The van der Waals surface area contributed by atoms with E-state index in [9.17, 15) is 5.11 Å². The number of hydrogen-bond donors (Lipinski definition) is 2. The highest BCUT2D eigenvalue weighted by Crippen LogP contribution is 2.25. The average Bonchev–Trinajstić information content (AvgIpc) is 2.73. The lowest BCUT2D eigenvalue weighted by molar-refractivity contribution is 0.167. The Hall–Kier alpha value is -0.860. The van der Waals surface area contributed by atoms with Gasteiger partial charge in [-0.3, -0.25) is 0 Å². The van der Waals surface area contributed by atoms with Gasteiger partial charge in [0.2, 0.25) is 0 Å². The van der Waals surface area contributed by atoms with Gasteiger partial charge in [0.05, 0.1) is 6.10 Å². The van der Waals surface area contributed by atoms with Crippen molar-refractivity contribution >= 4 is 0 Å². The van der Waals surface area contributed by atoms with Crippen LogP contribution in [-0.4, -0.2) is 17.7 Å². The van der Waals surface area contributed by atoms with Crippen molar-refractivity contribution in [2.75, 3.05) is 6.54 Å². The van der Waals surface area contributed by atoms with E-state index in [0.29, 0.717) is 12.6 Å². The maximum atomic E-state index is 10.1. The number of hydrogen-bond acceptors (Lipinski definition) is 2. The molecule has 0 amide bonds. The lowest BCUT2D eigenvalue weighted by atomic mass is 10.0. The van der Waals surface area contributed by atoms with E-state index in [-0.39, 0.29) is 6.10 Å². The van der Waals surface area contributed by atoms with Crippen LogP contribution in [0.3, 0.4) is 0 Å². The van der Waals surface area contributed by atoms with E-state index >= 15 is 0 Å². The fraction of sp³-hybridized carbons (Fsp3) is 0.600. The predicted octanol–water partition coefficient (Wildman–Crippen LogP) is 2.81. The van der Waals surface area contributed by atoms with Gasteiger partial charge < -0.3 is 10.4 Å². The van der Waals surface area contributed by atoms with E-state index in [1.54, 1.807) is 0 Å². The summed E-state index contributed by atoms with van der Waals surface area (Å²) in [6, 6.07) is 8.72. The van der Waals surface area contributed by atoms with Gasteiger partial charge in [-0.25, -0.2) is 0 Å². The van der Waals surface area contributed by atoms with E-state index < -0.39 is 0 Å². The second kappa shape index (κ2) is 5.65. The summed E-state index contributed by atoms with van der Waals surface area (Å²) < 4.78 is 0. The van der Waals surface area contributed by atoms with Gasteiger partial charge in [-0.15, -0.1) is 0 Å². The SMILES string of the molecule is Cc1ccc(C(O)CNC2CCCC2C)cc1. The second-order valence-electron chi connectivity index (χ2n) is 5.35. The molecule has 94 valence electrons. The zero-order valence-corrected chi connectivity index (χ0v) is 10.8. The summed E-state index contributed by atoms with van der Waals surface area (Å²) in [5.41, 5.74) is 2.24. The Labute approximate surface area is 104 Å². The molecule has 0 spiro atoms. The Balaban J connectivity index is 1.84. The largest absolute Gasteiger partial charge is 0.387 e. The molecule has 3 unspecified atom stereocenters. The molecule has 0 saturated heterocycles. The first-order valence-corrected chi connectivity index (χ1v) is 6.65. The molecule has 0 bridgehead atoms. The first-order chi connectivity index (χ1) is 8.16. The Morgan fingerprint density at radius 3 is 2.59 bits per heavy atom. The second-order valence-corrected chi connectivity index (χ2v) is 5.35. The van der Waals surface area contributed by atoms with Crippen LogP contribution in [0.2, 0.25) is 0 Å². The quantitative estimate of drug-likeness (QED) is 0.838. The Morgan fingerprint density at radius 2 is 2.00 bits per heavy atom. The molecule has 0 aromatic heterocycles. The predicted molar refractivity (Wildman–Crippen MR) is 70.9 cm³/mol. The highest BCUT2D eigenvalue weighted by atomic mass is 16.3. The number of aliphatic hydroxyl groups excluding tert-OH is 1. The van der Waals surface area contributed by atoms with Crippen molar-refractivity contribution in [1.82, 2.24) is 5.32 Å². The van der Waals surface area contributed by atoms with Crippen LogP contribution in [0, 0.1) is 12.8 Å². The number of benzene rings is 1. The zero-order valence-electron chi connectivity index (χ0n) is 10.8. The molecule has 0 radical (unpaired) electrons. The molecule has 1 saturated carbocycles. The lowest BCUT2D eigenvalue weighted by Crippen LogP contribution is -2.34. The van der Waals surface area contributed by atoms with Crippen LogP contribution < -0.4 is 5.32 Å². The van der Waals surface area contributed by atoms with Crippen LogP contribution >= 0.6 is 0 Å². The molecule has 1 aliphatic carbocycles. The molecular weight excluding hydrogens is 210 g/mol. The van der Waals surface area contributed by atoms with E-state index in [1.807, 2.05) is 12.1 Å². The van der Waals surface area contributed by atoms with E-state index in [4.69, 9.17) is 0 Å². The van der Waals surface area contributed by atoms with Gasteiger partial charge in [0.25, 0.3) is 0 Å². The molecule has 3 atom stereocenters. The van der Waals surface area contributed by atoms with Crippen molar-refractivity contribution < 1.29 is 5.11 Å². The van der Waals surface area contributed by atoms with Crippen molar-refractivity contribution in [2.45, 2.75) is 45.3 Å². The van der Waals surface area contributed by atoms with Crippen LogP contribution in [0.15, 0.2) is 24.3 Å². The number of nitrogens with one attached hydrogen (secondary N) is 1. The molecular formula is C15H23NO. The average molecular weight is 233 g/mol. The molecule has 2 heteroatoms. The molecule has 0 aliphatic heterocycles. The third kappa shape index (κ3) is 3.30. The maximum Gasteiger partial charge on any atom is 0.0914 e. The van der Waals surface area contributed by atoms with Crippen molar-refractivity contribution in [1.29, 1.82) is 0 Å². The van der Waals surface area contributed by atoms with E-state index in [0.717, 1.165) is 11.5 Å². The Bertz CT molecular complexity index is 346. The van der Waals surface area contributed by atoms with Gasteiger partial charge in [0.1, 0.15) is 0 Å². The van der Waals surface area contributed by atoms with Crippen LogP contribution in [0.4, 0.5) is 0 Å². The zero-order chi connectivity index (χ0) is 12.3. The van der Waals surface area contributed by atoms with Crippen LogP contribution in [0.25, 0.3) is 0 Å². The van der Waals surface area contributed by atoms with Gasteiger partial charge in [-0.05, 0) is 31.2 Å². The van der Waals surface area contributed by atoms with Gasteiger partial charge >= 0.3 is 0 Å². The third-order valence-electron chi connectivity index (χ3n) is 3.90. The minimum absolute atomic E-state index is 0.386. The first-order valence-electron chi connectivity index (χ1n) is 6.65. The summed E-state index contributed by atoms with van der Waals surface area (Å²) >= 11 is 0. The van der Waals surface area contributed by atoms with Gasteiger partial charge in [-0.1, -0.05) is 43.2 Å². The van der Waals surface area contributed by atoms with E-state index in [1.165, 1.54) is 24.8 Å². The van der Waals surface area contributed by atoms with Crippen LogP contribution in [-0.2, 0) is 0 Å². The normalized spacial score (nSPS) is 26.1. The van der Waals surface area contributed by atoms with Crippen molar-refractivity contribution in [3.05, 3.63) is 35.4 Å². The maximum absolute atomic E-state index is 10.1. The monoisotopic (exact) mass is 233 g/mol. The molecule has 1 aromatic carbocycles. The third-order valence-corrected chi connectivity index (χ3v) is 3.90. The van der Waals surface area contributed by atoms with Gasteiger partial charge in [0.15, 0.2) is 0 Å². The van der Waals surface area contributed by atoms with Gasteiger partial charge in [-0.2, -0.15) is 0 Å². The smallest absolute Gasteiger partial charge is 0.0914 e. The molecule has 1 aromatic rings. The minimum Gasteiger partial charge on any atom is -0.387 e. The lowest BCUT2D eigenvalue weighted by Gasteiger charge is -2.20. The summed E-state index contributed by atoms with van der Waals surface area (Å²) in [5.74, 6) is 0.750. The molecule has 0 heterocycles. The minimum atomic E-state index is -0.386. The summed E-state index contributed by atoms with van der Waals surface area (Å²) in [4.78, 5) is 0. The summed E-state index contributed by atoms with van der Waals surface area (Å²) in [5, 5.41) is 13.6. The van der Waals surface area contributed by atoms with Crippen molar-refractivity contribution in [3.8, 4) is 0 Å². The molecule has 1 fully saturated rings. The highest BCUT2D eigenvalue weighted by molar-refractivity contribution is 5.23. The molecule has 17 heavy (non-hydrogen) atoms. The van der Waals surface area contributed by atoms with E-state index in [2.05, 4.69) is 31.3 Å². The highest BCUT2D eigenvalue weighted by Gasteiger charge is 2.23. The summed E-state index contributed by atoms with van der Waals surface area (Å²) in [6.07, 6.45) is 3.50. The Morgan fingerprint density at radius 1 is 1.29 bits per heavy atom. The van der Waals surface area contributed by atoms with Crippen LogP contribution in [0.5, 0.6) is 0 Å². The molecule has 2 nitrogen and oxygen atoms in total. The number of aliphatic hydroxyl groups is 1. The fourth-order valence-electron chi connectivity index (χ4n) is 2.62. The topological polar surface area (TPSA) is 32.3 Å². The summed E-state index contributed by atoms with van der Waals surface area (Å²) in [7, 11) is 0. The number of rotatable bonds is 4. The molecule has 1 aliphatic rings. The summed E-state index contributed by atoms with van der Waals surface area (Å²) in [6.45, 7) is 5.02. The molecule has 2 N–H and O–H groups in total.